The first-order chi connectivity index (χ1) is 9.06. The van der Waals surface area contributed by atoms with E-state index in [1.807, 2.05) is 0 Å². The van der Waals surface area contributed by atoms with E-state index in [0.29, 0.717) is 22.2 Å². The second-order valence-electron chi connectivity index (χ2n) is 3.94. The number of carbonyl (C=O) groups is 2. The molecule has 1 fully saturated rings. The molecule has 7 heteroatoms. The Labute approximate surface area is 124 Å². The zero-order valence-corrected chi connectivity index (χ0v) is 12.1. The molecule has 19 heavy (non-hydrogen) atoms. The van der Waals surface area contributed by atoms with Gasteiger partial charge in [-0.25, -0.2) is 0 Å². The lowest BCUT2D eigenvalue weighted by Gasteiger charge is -2.11. The monoisotopic (exact) mass is 319 g/mol. The Hall–Kier alpha value is -0.910. The van der Waals surface area contributed by atoms with Crippen LogP contribution in [0.25, 0.3) is 0 Å². The van der Waals surface area contributed by atoms with E-state index < -0.39 is 6.04 Å². The molecule has 4 nitrogen and oxygen atoms in total. The number of hydrogen-bond acceptors (Lipinski definition) is 4. The summed E-state index contributed by atoms with van der Waals surface area (Å²) in [5.74, 6) is 0.786. The Kier molecular flexibility index (Phi) is 4.96. The van der Waals surface area contributed by atoms with Crippen LogP contribution in [-0.4, -0.2) is 29.4 Å². The van der Waals surface area contributed by atoms with Gasteiger partial charge in [0.15, 0.2) is 6.61 Å². The molecule has 0 spiro atoms. The SMILES string of the molecule is O=C(COc1ccc(Cl)cc1Cl)N[C@H]1CCSC1=O. The van der Waals surface area contributed by atoms with Crippen molar-refractivity contribution in [1.82, 2.24) is 5.32 Å². The minimum Gasteiger partial charge on any atom is -0.482 e. The van der Waals surface area contributed by atoms with E-state index >= 15 is 0 Å². The third-order valence-corrected chi connectivity index (χ3v) is 4.06. The summed E-state index contributed by atoms with van der Waals surface area (Å²) in [7, 11) is 0. The van der Waals surface area contributed by atoms with E-state index in [1.54, 1.807) is 12.1 Å². The average molecular weight is 320 g/mol. The molecule has 0 saturated carbocycles. The van der Waals surface area contributed by atoms with Crippen molar-refractivity contribution in [3.05, 3.63) is 28.2 Å². The lowest BCUT2D eigenvalue weighted by molar-refractivity contribution is -0.126. The maximum Gasteiger partial charge on any atom is 0.258 e. The number of nitrogens with one attached hydrogen (secondary N) is 1. The van der Waals surface area contributed by atoms with Crippen molar-refractivity contribution in [2.75, 3.05) is 12.4 Å². The zero-order chi connectivity index (χ0) is 13.8. The molecular weight excluding hydrogens is 309 g/mol. The first-order valence-electron chi connectivity index (χ1n) is 5.60. The van der Waals surface area contributed by atoms with Gasteiger partial charge in [-0.15, -0.1) is 0 Å². The summed E-state index contributed by atoms with van der Waals surface area (Å²) in [6.45, 7) is -0.185. The van der Waals surface area contributed by atoms with Gasteiger partial charge >= 0.3 is 0 Å². The lowest BCUT2D eigenvalue weighted by Crippen LogP contribution is -2.39. The summed E-state index contributed by atoms with van der Waals surface area (Å²) in [6, 6.07) is 4.35. The van der Waals surface area contributed by atoms with Gasteiger partial charge in [0.25, 0.3) is 5.91 Å². The molecule has 1 aliphatic rings. The van der Waals surface area contributed by atoms with Crippen molar-refractivity contribution < 1.29 is 14.3 Å². The Balaban J connectivity index is 1.84. The lowest BCUT2D eigenvalue weighted by atomic mass is 10.2. The summed E-state index contributed by atoms with van der Waals surface area (Å²) in [5, 5.41) is 3.46. The molecular formula is C12H11Cl2NO3S. The first-order valence-corrected chi connectivity index (χ1v) is 7.34. The topological polar surface area (TPSA) is 55.4 Å². The molecule has 0 aromatic heterocycles. The average Bonchev–Trinajstić information content (AvgIpc) is 2.74. The number of rotatable bonds is 4. The van der Waals surface area contributed by atoms with Crippen LogP contribution in [0.2, 0.25) is 10.0 Å². The fourth-order valence-electron chi connectivity index (χ4n) is 1.60. The van der Waals surface area contributed by atoms with Crippen molar-refractivity contribution in [3.63, 3.8) is 0 Å². The number of carbonyl (C=O) groups excluding carboxylic acids is 2. The second-order valence-corrected chi connectivity index (χ2v) is 5.88. The summed E-state index contributed by atoms with van der Waals surface area (Å²) in [6.07, 6.45) is 0.664. The summed E-state index contributed by atoms with van der Waals surface area (Å²) < 4.78 is 5.28. The number of halogens is 2. The van der Waals surface area contributed by atoms with Crippen molar-refractivity contribution in [2.24, 2.45) is 0 Å². The van der Waals surface area contributed by atoms with E-state index in [2.05, 4.69) is 5.32 Å². The van der Waals surface area contributed by atoms with E-state index in [4.69, 9.17) is 27.9 Å². The molecule has 0 radical (unpaired) electrons. The van der Waals surface area contributed by atoms with Gasteiger partial charge in [-0.05, 0) is 24.6 Å². The highest BCUT2D eigenvalue weighted by Crippen LogP contribution is 2.27. The molecule has 0 bridgehead atoms. The van der Waals surface area contributed by atoms with Crippen LogP contribution >= 0.6 is 35.0 Å². The number of benzene rings is 1. The molecule has 0 unspecified atom stereocenters. The molecule has 1 heterocycles. The molecule has 1 amide bonds. The van der Waals surface area contributed by atoms with Crippen LogP contribution in [-0.2, 0) is 9.59 Å². The van der Waals surface area contributed by atoms with E-state index in [9.17, 15) is 9.59 Å². The smallest absolute Gasteiger partial charge is 0.258 e. The normalized spacial score (nSPS) is 18.4. The van der Waals surface area contributed by atoms with Crippen LogP contribution in [0.1, 0.15) is 6.42 Å². The van der Waals surface area contributed by atoms with Crippen LogP contribution < -0.4 is 10.1 Å². The third kappa shape index (κ3) is 4.03. The summed E-state index contributed by atoms with van der Waals surface area (Å²) in [5.41, 5.74) is 0. The van der Waals surface area contributed by atoms with Gasteiger partial charge in [-0.3, -0.25) is 9.59 Å². The first kappa shape index (κ1) is 14.5. The molecule has 1 atom stereocenters. The van der Waals surface area contributed by atoms with E-state index in [1.165, 1.54) is 17.8 Å². The maximum atomic E-state index is 11.6. The molecule has 1 aliphatic heterocycles. The number of hydrogen-bond donors (Lipinski definition) is 1. The number of amides is 1. The number of ether oxygens (including phenoxy) is 1. The summed E-state index contributed by atoms with van der Waals surface area (Å²) in [4.78, 5) is 23.0. The highest BCUT2D eigenvalue weighted by Gasteiger charge is 2.26. The van der Waals surface area contributed by atoms with Gasteiger partial charge < -0.3 is 10.1 Å². The number of thioether (sulfide) groups is 1. The fraction of sp³-hybridized carbons (Fsp3) is 0.333. The molecule has 1 aromatic carbocycles. The molecule has 1 aromatic rings. The minimum absolute atomic E-state index is 0.00197. The van der Waals surface area contributed by atoms with Gasteiger partial charge in [-0.1, -0.05) is 35.0 Å². The van der Waals surface area contributed by atoms with Gasteiger partial charge in [0, 0.05) is 10.8 Å². The largest absolute Gasteiger partial charge is 0.482 e. The van der Waals surface area contributed by atoms with Crippen molar-refractivity contribution in [2.45, 2.75) is 12.5 Å². The van der Waals surface area contributed by atoms with Crippen LogP contribution in [0.4, 0.5) is 0 Å². The van der Waals surface area contributed by atoms with Crippen molar-refractivity contribution in [3.8, 4) is 5.75 Å². The molecule has 1 saturated heterocycles. The van der Waals surface area contributed by atoms with Crippen molar-refractivity contribution >= 4 is 46.0 Å². The molecule has 0 aliphatic carbocycles. The van der Waals surface area contributed by atoms with Gasteiger partial charge in [-0.2, -0.15) is 0 Å². The van der Waals surface area contributed by atoms with E-state index in [0.717, 1.165) is 5.75 Å². The highest BCUT2D eigenvalue weighted by atomic mass is 35.5. The van der Waals surface area contributed by atoms with Gasteiger partial charge in [0.1, 0.15) is 5.75 Å². The fourth-order valence-corrected chi connectivity index (χ4v) is 2.99. The van der Waals surface area contributed by atoms with E-state index in [-0.39, 0.29) is 17.6 Å². The predicted molar refractivity (Wildman–Crippen MR) is 76.0 cm³/mol. The Bertz CT molecular complexity index is 510. The third-order valence-electron chi connectivity index (χ3n) is 2.52. The predicted octanol–water partition coefficient (Wildman–Crippen LogP) is 2.52. The Morgan fingerprint density at radius 3 is 2.89 bits per heavy atom. The Morgan fingerprint density at radius 1 is 1.47 bits per heavy atom. The quantitative estimate of drug-likeness (QED) is 0.926. The maximum absolute atomic E-state index is 11.6. The highest BCUT2D eigenvalue weighted by molar-refractivity contribution is 8.14. The standard InChI is InChI=1S/C12H11Cl2NO3S/c13-7-1-2-10(8(14)5-7)18-6-11(16)15-9-3-4-19-12(9)17/h1-2,5,9H,3-4,6H2,(H,15,16)/t9-/m0/s1. The second kappa shape index (κ2) is 6.50. The van der Waals surface area contributed by atoms with Gasteiger partial charge in [0.05, 0.1) is 11.1 Å². The molecule has 2 rings (SSSR count). The van der Waals surface area contributed by atoms with Crippen LogP contribution in [0.15, 0.2) is 18.2 Å². The van der Waals surface area contributed by atoms with Crippen molar-refractivity contribution in [1.29, 1.82) is 0 Å². The zero-order valence-electron chi connectivity index (χ0n) is 9.82. The minimum atomic E-state index is -0.401. The van der Waals surface area contributed by atoms with Crippen LogP contribution in [0.5, 0.6) is 5.75 Å². The van der Waals surface area contributed by atoms with Crippen LogP contribution in [0.3, 0.4) is 0 Å². The van der Waals surface area contributed by atoms with Crippen LogP contribution in [0, 0.1) is 0 Å². The van der Waals surface area contributed by atoms with Gasteiger partial charge in [0.2, 0.25) is 5.12 Å². The Morgan fingerprint density at radius 2 is 2.26 bits per heavy atom. The molecule has 1 N–H and O–H groups in total. The summed E-state index contributed by atoms with van der Waals surface area (Å²) >= 11 is 12.9. The molecule has 102 valence electrons.